The standard InChI is InChI=1S/C10H11N3.C6H7N/c1-8-10(11)7-13(12-8)9-5-3-2-4-6-9;7-6-4-2-1-3-5-6/h2-7H,11H2,1H3;1-5H,7H2. The van der Waals surface area contributed by atoms with Crippen LogP contribution in [0.3, 0.4) is 0 Å². The first kappa shape index (κ1) is 13.7. The normalized spacial score (nSPS) is 9.65. The van der Waals surface area contributed by atoms with Crippen LogP contribution in [-0.2, 0) is 0 Å². The van der Waals surface area contributed by atoms with Gasteiger partial charge < -0.3 is 11.5 Å². The molecule has 1 aromatic heterocycles. The first-order chi connectivity index (χ1) is 9.66. The average molecular weight is 266 g/mol. The predicted molar refractivity (Wildman–Crippen MR) is 83.6 cm³/mol. The van der Waals surface area contributed by atoms with Crippen molar-refractivity contribution in [2.45, 2.75) is 6.92 Å². The number of rotatable bonds is 1. The fraction of sp³-hybridized carbons (Fsp3) is 0.0625. The van der Waals surface area contributed by atoms with Gasteiger partial charge in [0.25, 0.3) is 0 Å². The van der Waals surface area contributed by atoms with Gasteiger partial charge in [-0.25, -0.2) is 4.68 Å². The summed E-state index contributed by atoms with van der Waals surface area (Å²) in [6, 6.07) is 19.4. The van der Waals surface area contributed by atoms with E-state index in [0.717, 1.165) is 22.8 Å². The Balaban J connectivity index is 0.000000178. The highest BCUT2D eigenvalue weighted by Crippen LogP contribution is 2.12. The Bertz CT molecular complexity index is 625. The van der Waals surface area contributed by atoms with E-state index >= 15 is 0 Å². The Morgan fingerprint density at radius 1 is 0.850 bits per heavy atom. The molecule has 0 spiro atoms. The summed E-state index contributed by atoms with van der Waals surface area (Å²) in [5.74, 6) is 0. The molecular weight excluding hydrogens is 248 g/mol. The molecule has 0 unspecified atom stereocenters. The molecule has 0 atom stereocenters. The fourth-order valence-corrected chi connectivity index (χ4v) is 1.64. The molecule has 0 saturated heterocycles. The number of nitrogens with two attached hydrogens (primary N) is 2. The maximum Gasteiger partial charge on any atom is 0.0827 e. The molecule has 0 bridgehead atoms. The zero-order valence-corrected chi connectivity index (χ0v) is 11.4. The minimum absolute atomic E-state index is 0.726. The largest absolute Gasteiger partial charge is 0.399 e. The van der Waals surface area contributed by atoms with Gasteiger partial charge in [-0.3, -0.25) is 0 Å². The Hall–Kier alpha value is -2.75. The Morgan fingerprint density at radius 3 is 1.80 bits per heavy atom. The van der Waals surface area contributed by atoms with E-state index in [1.807, 2.05) is 73.8 Å². The molecule has 0 aliphatic rings. The average Bonchev–Trinajstić information content (AvgIpc) is 2.81. The molecule has 2 aromatic carbocycles. The summed E-state index contributed by atoms with van der Waals surface area (Å²) >= 11 is 0. The highest BCUT2D eigenvalue weighted by molar-refractivity contribution is 5.43. The number of para-hydroxylation sites is 2. The van der Waals surface area contributed by atoms with E-state index in [0.29, 0.717) is 0 Å². The Kier molecular flexibility index (Phi) is 4.39. The lowest BCUT2D eigenvalue weighted by atomic mass is 10.3. The SMILES string of the molecule is Cc1nn(-c2ccccc2)cc1N.Nc1ccccc1. The van der Waals surface area contributed by atoms with Gasteiger partial charge in [-0.15, -0.1) is 0 Å². The topological polar surface area (TPSA) is 69.9 Å². The van der Waals surface area contributed by atoms with Crippen LogP contribution in [0.4, 0.5) is 11.4 Å². The molecule has 0 saturated carbocycles. The van der Waals surface area contributed by atoms with Gasteiger partial charge in [0.2, 0.25) is 0 Å². The molecule has 3 aromatic rings. The molecule has 4 nitrogen and oxygen atoms in total. The third kappa shape index (κ3) is 3.62. The van der Waals surface area contributed by atoms with E-state index in [9.17, 15) is 0 Å². The van der Waals surface area contributed by atoms with Gasteiger partial charge in [0.1, 0.15) is 0 Å². The predicted octanol–water partition coefficient (Wildman–Crippen LogP) is 3.03. The number of aromatic nitrogens is 2. The second-order valence-electron chi connectivity index (χ2n) is 4.36. The molecule has 20 heavy (non-hydrogen) atoms. The smallest absolute Gasteiger partial charge is 0.0827 e. The van der Waals surface area contributed by atoms with Gasteiger partial charge in [0.05, 0.1) is 23.3 Å². The van der Waals surface area contributed by atoms with Crippen molar-refractivity contribution in [2.24, 2.45) is 0 Å². The van der Waals surface area contributed by atoms with Crippen LogP contribution in [0.2, 0.25) is 0 Å². The summed E-state index contributed by atoms with van der Waals surface area (Å²) in [6.07, 6.45) is 1.82. The van der Waals surface area contributed by atoms with Crippen LogP contribution in [0.15, 0.2) is 66.9 Å². The van der Waals surface area contributed by atoms with Gasteiger partial charge in [0.15, 0.2) is 0 Å². The fourth-order valence-electron chi connectivity index (χ4n) is 1.64. The first-order valence-electron chi connectivity index (χ1n) is 6.34. The van der Waals surface area contributed by atoms with E-state index < -0.39 is 0 Å². The Morgan fingerprint density at radius 2 is 1.40 bits per heavy atom. The summed E-state index contributed by atoms with van der Waals surface area (Å²) < 4.78 is 1.78. The molecule has 0 radical (unpaired) electrons. The van der Waals surface area contributed by atoms with Gasteiger partial charge in [-0.05, 0) is 31.2 Å². The summed E-state index contributed by atoms with van der Waals surface area (Å²) in [6.45, 7) is 1.90. The highest BCUT2D eigenvalue weighted by atomic mass is 15.3. The van der Waals surface area contributed by atoms with Gasteiger partial charge in [-0.2, -0.15) is 5.10 Å². The van der Waals surface area contributed by atoms with Crippen molar-refractivity contribution in [3.8, 4) is 5.69 Å². The minimum atomic E-state index is 0.726. The number of hydrogen-bond donors (Lipinski definition) is 2. The van der Waals surface area contributed by atoms with Crippen molar-refractivity contribution in [1.29, 1.82) is 0 Å². The van der Waals surface area contributed by atoms with E-state index in [1.54, 1.807) is 4.68 Å². The van der Waals surface area contributed by atoms with Crippen molar-refractivity contribution in [1.82, 2.24) is 9.78 Å². The lowest BCUT2D eigenvalue weighted by Gasteiger charge is -1.98. The molecule has 1 heterocycles. The minimum Gasteiger partial charge on any atom is -0.399 e. The van der Waals surface area contributed by atoms with E-state index in [4.69, 9.17) is 11.5 Å². The molecule has 0 fully saturated rings. The molecule has 0 aliphatic heterocycles. The molecule has 4 N–H and O–H groups in total. The third-order valence-electron chi connectivity index (χ3n) is 2.76. The summed E-state index contributed by atoms with van der Waals surface area (Å²) in [4.78, 5) is 0. The van der Waals surface area contributed by atoms with Crippen molar-refractivity contribution >= 4 is 11.4 Å². The molecule has 102 valence electrons. The molecule has 0 aliphatic carbocycles. The summed E-state index contributed by atoms with van der Waals surface area (Å²) in [7, 11) is 0. The van der Waals surface area contributed by atoms with E-state index in [-0.39, 0.29) is 0 Å². The van der Waals surface area contributed by atoms with E-state index in [1.165, 1.54) is 0 Å². The van der Waals surface area contributed by atoms with E-state index in [2.05, 4.69) is 5.10 Å². The van der Waals surface area contributed by atoms with Gasteiger partial charge >= 0.3 is 0 Å². The van der Waals surface area contributed by atoms with Crippen LogP contribution in [-0.4, -0.2) is 9.78 Å². The maximum atomic E-state index is 5.69. The number of aryl methyl sites for hydroxylation is 1. The lowest BCUT2D eigenvalue weighted by molar-refractivity contribution is 0.863. The van der Waals surface area contributed by atoms with Crippen molar-refractivity contribution in [3.63, 3.8) is 0 Å². The number of nitrogens with zero attached hydrogens (tertiary/aromatic N) is 2. The number of nitrogen functional groups attached to an aromatic ring is 2. The number of hydrogen-bond acceptors (Lipinski definition) is 3. The lowest BCUT2D eigenvalue weighted by Crippen LogP contribution is -1.93. The molecule has 0 amide bonds. The second kappa shape index (κ2) is 6.43. The van der Waals surface area contributed by atoms with Crippen LogP contribution in [0.1, 0.15) is 5.69 Å². The van der Waals surface area contributed by atoms with Crippen LogP contribution in [0.5, 0.6) is 0 Å². The van der Waals surface area contributed by atoms with Crippen LogP contribution in [0, 0.1) is 6.92 Å². The monoisotopic (exact) mass is 266 g/mol. The summed E-state index contributed by atoms with van der Waals surface area (Å²) in [5.41, 5.74) is 14.5. The van der Waals surface area contributed by atoms with Gasteiger partial charge in [-0.1, -0.05) is 36.4 Å². The Labute approximate surface area is 118 Å². The number of benzene rings is 2. The van der Waals surface area contributed by atoms with Crippen LogP contribution < -0.4 is 11.5 Å². The highest BCUT2D eigenvalue weighted by Gasteiger charge is 2.01. The zero-order valence-electron chi connectivity index (χ0n) is 11.4. The molecular formula is C16H18N4. The quantitative estimate of drug-likeness (QED) is 0.665. The number of anilines is 2. The second-order valence-corrected chi connectivity index (χ2v) is 4.36. The summed E-state index contributed by atoms with van der Waals surface area (Å²) in [5, 5.41) is 4.27. The van der Waals surface area contributed by atoms with Crippen LogP contribution in [0.25, 0.3) is 5.69 Å². The van der Waals surface area contributed by atoms with Crippen LogP contribution >= 0.6 is 0 Å². The molecule has 4 heteroatoms. The zero-order chi connectivity index (χ0) is 14.4. The van der Waals surface area contributed by atoms with Crippen molar-refractivity contribution in [3.05, 3.63) is 72.6 Å². The first-order valence-corrected chi connectivity index (χ1v) is 6.34. The van der Waals surface area contributed by atoms with Crippen molar-refractivity contribution in [2.75, 3.05) is 11.5 Å². The van der Waals surface area contributed by atoms with Crippen molar-refractivity contribution < 1.29 is 0 Å². The molecule has 3 rings (SSSR count). The maximum absolute atomic E-state index is 5.69. The van der Waals surface area contributed by atoms with Gasteiger partial charge in [0, 0.05) is 5.69 Å². The third-order valence-corrected chi connectivity index (χ3v) is 2.76.